The number of pyridine rings is 1. The van der Waals surface area contributed by atoms with E-state index in [1.165, 1.54) is 0 Å². The molecule has 1 unspecified atom stereocenters. The van der Waals surface area contributed by atoms with Crippen LogP contribution in [0.3, 0.4) is 0 Å². The molecular weight excluding hydrogens is 228 g/mol. The second-order valence-electron chi connectivity index (χ2n) is 4.24. The third-order valence-electron chi connectivity index (χ3n) is 2.61. The van der Waals surface area contributed by atoms with E-state index in [0.29, 0.717) is 6.61 Å². The smallest absolute Gasteiger partial charge is 0.137 e. The molecule has 0 aliphatic rings. The molecule has 0 spiro atoms. The van der Waals surface area contributed by atoms with Crippen LogP contribution in [0.15, 0.2) is 31.0 Å². The van der Waals surface area contributed by atoms with E-state index in [-0.39, 0.29) is 6.04 Å². The van der Waals surface area contributed by atoms with Gasteiger partial charge < -0.3 is 15.0 Å². The highest BCUT2D eigenvalue weighted by molar-refractivity contribution is 5.30. The molecule has 0 radical (unpaired) electrons. The zero-order chi connectivity index (χ0) is 13.0. The molecule has 1 atom stereocenters. The second kappa shape index (κ2) is 5.64. The Balaban J connectivity index is 2.17. The molecule has 0 aliphatic carbocycles. The zero-order valence-corrected chi connectivity index (χ0v) is 10.7. The number of hydrogen-bond acceptors (Lipinski definition) is 4. The highest BCUT2D eigenvalue weighted by atomic mass is 16.5. The molecule has 0 aliphatic heterocycles. The minimum Gasteiger partial charge on any atom is -0.492 e. The van der Waals surface area contributed by atoms with Gasteiger partial charge >= 0.3 is 0 Å². The molecule has 5 heteroatoms. The van der Waals surface area contributed by atoms with Gasteiger partial charge in [0.05, 0.1) is 30.9 Å². The van der Waals surface area contributed by atoms with Crippen LogP contribution in [0.4, 0.5) is 0 Å². The van der Waals surface area contributed by atoms with Gasteiger partial charge in [-0.05, 0) is 18.1 Å². The summed E-state index contributed by atoms with van der Waals surface area (Å²) < 4.78 is 7.42. The van der Waals surface area contributed by atoms with Crippen molar-refractivity contribution in [3.63, 3.8) is 0 Å². The van der Waals surface area contributed by atoms with Crippen LogP contribution < -0.4 is 10.5 Å². The number of aromatic nitrogens is 3. The van der Waals surface area contributed by atoms with Crippen molar-refractivity contribution < 1.29 is 4.74 Å². The van der Waals surface area contributed by atoms with Crippen molar-refractivity contribution in [2.24, 2.45) is 12.8 Å². The molecular formula is C13H18N4O. The molecule has 0 aromatic carbocycles. The van der Waals surface area contributed by atoms with Gasteiger partial charge in [0.1, 0.15) is 5.75 Å². The van der Waals surface area contributed by atoms with E-state index in [4.69, 9.17) is 10.5 Å². The van der Waals surface area contributed by atoms with Crippen molar-refractivity contribution >= 4 is 0 Å². The van der Waals surface area contributed by atoms with Gasteiger partial charge in [-0.25, -0.2) is 4.98 Å². The Bertz CT molecular complexity index is 509. The number of nitrogens with zero attached hydrogens (tertiary/aromatic N) is 3. The molecule has 18 heavy (non-hydrogen) atoms. The third-order valence-corrected chi connectivity index (χ3v) is 2.61. The Morgan fingerprint density at radius 1 is 1.44 bits per heavy atom. The number of nitrogens with two attached hydrogens (primary N) is 1. The Kier molecular flexibility index (Phi) is 3.94. The van der Waals surface area contributed by atoms with Crippen molar-refractivity contribution in [1.29, 1.82) is 0 Å². The summed E-state index contributed by atoms with van der Waals surface area (Å²) in [6.07, 6.45) is 8.06. The maximum absolute atomic E-state index is 6.16. The molecule has 2 aromatic heterocycles. The Morgan fingerprint density at radius 2 is 2.28 bits per heavy atom. The van der Waals surface area contributed by atoms with Crippen molar-refractivity contribution in [3.8, 4) is 5.75 Å². The number of ether oxygens (including phenoxy) is 1. The van der Waals surface area contributed by atoms with Gasteiger partial charge in [-0.2, -0.15) is 0 Å². The fourth-order valence-corrected chi connectivity index (χ4v) is 1.67. The monoisotopic (exact) mass is 246 g/mol. The quantitative estimate of drug-likeness (QED) is 0.871. The zero-order valence-electron chi connectivity index (χ0n) is 10.7. The lowest BCUT2D eigenvalue weighted by Gasteiger charge is -2.11. The fraction of sp³-hybridized carbons (Fsp3) is 0.385. The predicted molar refractivity (Wildman–Crippen MR) is 69.3 cm³/mol. The molecule has 2 aromatic rings. The molecule has 2 heterocycles. The van der Waals surface area contributed by atoms with Crippen LogP contribution >= 0.6 is 0 Å². The van der Waals surface area contributed by atoms with Crippen LogP contribution in [-0.2, 0) is 7.05 Å². The topological polar surface area (TPSA) is 66.0 Å². The van der Waals surface area contributed by atoms with Crippen LogP contribution in [-0.4, -0.2) is 21.1 Å². The van der Waals surface area contributed by atoms with E-state index in [0.717, 1.165) is 23.4 Å². The van der Waals surface area contributed by atoms with Crippen LogP contribution in [0.1, 0.15) is 30.6 Å². The first kappa shape index (κ1) is 12.6. The van der Waals surface area contributed by atoms with Crippen molar-refractivity contribution in [1.82, 2.24) is 14.5 Å². The van der Waals surface area contributed by atoms with Gasteiger partial charge in [0.2, 0.25) is 0 Å². The maximum Gasteiger partial charge on any atom is 0.137 e. The average molecular weight is 246 g/mol. The average Bonchev–Trinajstić information content (AvgIpc) is 2.82. The minimum atomic E-state index is -0.274. The molecule has 0 bridgehead atoms. The third kappa shape index (κ3) is 2.87. The van der Waals surface area contributed by atoms with Gasteiger partial charge in [0, 0.05) is 19.4 Å². The van der Waals surface area contributed by atoms with Gasteiger partial charge in [-0.1, -0.05) is 6.92 Å². The summed E-state index contributed by atoms with van der Waals surface area (Å²) in [6, 6.07) is 1.64. The van der Waals surface area contributed by atoms with E-state index in [2.05, 4.69) is 16.9 Å². The number of imidazole rings is 1. The van der Waals surface area contributed by atoms with Crippen LogP contribution in [0.25, 0.3) is 0 Å². The van der Waals surface area contributed by atoms with Crippen LogP contribution in [0.2, 0.25) is 0 Å². The lowest BCUT2D eigenvalue weighted by atomic mass is 10.1. The molecule has 0 fully saturated rings. The second-order valence-corrected chi connectivity index (χ2v) is 4.24. The van der Waals surface area contributed by atoms with Gasteiger partial charge in [-0.15, -0.1) is 0 Å². The van der Waals surface area contributed by atoms with Gasteiger partial charge in [-0.3, -0.25) is 4.98 Å². The predicted octanol–water partition coefficient (Wildman–Crippen LogP) is 1.65. The van der Waals surface area contributed by atoms with Gasteiger partial charge in [0.15, 0.2) is 0 Å². The molecule has 5 nitrogen and oxygen atoms in total. The van der Waals surface area contributed by atoms with E-state index < -0.39 is 0 Å². The number of aryl methyl sites for hydroxylation is 1. The summed E-state index contributed by atoms with van der Waals surface area (Å²) in [5.41, 5.74) is 7.89. The summed E-state index contributed by atoms with van der Waals surface area (Å²) >= 11 is 0. The summed E-state index contributed by atoms with van der Waals surface area (Å²) in [5.74, 6) is 0.751. The summed E-state index contributed by atoms with van der Waals surface area (Å²) in [4.78, 5) is 8.40. The highest BCUT2D eigenvalue weighted by Gasteiger charge is 2.12. The van der Waals surface area contributed by atoms with Gasteiger partial charge in [0.25, 0.3) is 0 Å². The molecule has 0 amide bonds. The molecule has 2 rings (SSSR count). The van der Waals surface area contributed by atoms with E-state index >= 15 is 0 Å². The summed E-state index contributed by atoms with van der Waals surface area (Å²) in [5, 5.41) is 0. The SMILES string of the molecule is CCCOc1cncc(C(N)c2cn(C)cn2)c1. The van der Waals surface area contributed by atoms with Crippen molar-refractivity contribution in [2.45, 2.75) is 19.4 Å². The maximum atomic E-state index is 6.16. The summed E-state index contributed by atoms with van der Waals surface area (Å²) in [7, 11) is 1.92. The normalized spacial score (nSPS) is 12.4. The van der Waals surface area contributed by atoms with Crippen LogP contribution in [0, 0.1) is 0 Å². The molecule has 0 saturated heterocycles. The minimum absolute atomic E-state index is 0.274. The highest BCUT2D eigenvalue weighted by Crippen LogP contribution is 2.20. The number of hydrogen-bond donors (Lipinski definition) is 1. The number of rotatable bonds is 5. The van der Waals surface area contributed by atoms with Crippen LogP contribution in [0.5, 0.6) is 5.75 Å². The molecule has 2 N–H and O–H groups in total. The first-order chi connectivity index (χ1) is 8.70. The Hall–Kier alpha value is -1.88. The fourth-order valence-electron chi connectivity index (χ4n) is 1.67. The molecule has 96 valence electrons. The van der Waals surface area contributed by atoms with E-state index in [1.807, 2.05) is 23.9 Å². The van der Waals surface area contributed by atoms with Crippen molar-refractivity contribution in [3.05, 3.63) is 42.2 Å². The first-order valence-electron chi connectivity index (χ1n) is 6.02. The summed E-state index contributed by atoms with van der Waals surface area (Å²) in [6.45, 7) is 2.75. The Labute approximate surface area is 107 Å². The molecule has 0 saturated carbocycles. The largest absolute Gasteiger partial charge is 0.492 e. The lowest BCUT2D eigenvalue weighted by molar-refractivity contribution is 0.315. The van der Waals surface area contributed by atoms with Crippen molar-refractivity contribution in [2.75, 3.05) is 6.61 Å². The first-order valence-corrected chi connectivity index (χ1v) is 6.02. The Morgan fingerprint density at radius 3 is 2.94 bits per heavy atom. The van der Waals surface area contributed by atoms with E-state index in [1.54, 1.807) is 18.7 Å². The lowest BCUT2D eigenvalue weighted by Crippen LogP contribution is -2.13. The van der Waals surface area contributed by atoms with E-state index in [9.17, 15) is 0 Å². The standard InChI is InChI=1S/C13H18N4O/c1-3-4-18-11-5-10(6-15-7-11)13(14)12-8-17(2)9-16-12/h5-9,13H,3-4,14H2,1-2H3.